The van der Waals surface area contributed by atoms with Gasteiger partial charge in [-0.2, -0.15) is 4.98 Å². The van der Waals surface area contributed by atoms with Crippen molar-refractivity contribution < 1.29 is 14.1 Å². The molecule has 0 saturated carbocycles. The van der Waals surface area contributed by atoms with Gasteiger partial charge in [0.15, 0.2) is 5.82 Å². The van der Waals surface area contributed by atoms with Gasteiger partial charge in [0.05, 0.1) is 6.54 Å². The number of piperidine rings is 1. The molecule has 3 heterocycles. The number of ether oxygens (including phenoxy) is 1. The SMILES string of the molecule is COCc1nnc(NC(=O)CN2CCCC(c3noc(C)n3)C2)s1. The molecule has 0 spiro atoms. The van der Waals surface area contributed by atoms with Crippen LogP contribution in [0.5, 0.6) is 0 Å². The third-order valence-electron chi connectivity index (χ3n) is 3.76. The fraction of sp³-hybridized carbons (Fsp3) is 0.643. The van der Waals surface area contributed by atoms with Crippen molar-refractivity contribution in [1.29, 1.82) is 0 Å². The molecule has 1 saturated heterocycles. The number of carbonyl (C=O) groups is 1. The fourth-order valence-electron chi connectivity index (χ4n) is 2.74. The van der Waals surface area contributed by atoms with Gasteiger partial charge >= 0.3 is 0 Å². The van der Waals surface area contributed by atoms with Crippen molar-refractivity contribution in [1.82, 2.24) is 25.2 Å². The molecule has 1 N–H and O–H groups in total. The molecule has 2 aromatic heterocycles. The number of methoxy groups -OCH3 is 1. The molecule has 1 unspecified atom stereocenters. The van der Waals surface area contributed by atoms with Gasteiger partial charge in [-0.15, -0.1) is 10.2 Å². The summed E-state index contributed by atoms with van der Waals surface area (Å²) in [6.07, 6.45) is 2.01. The van der Waals surface area contributed by atoms with Gasteiger partial charge in [-0.25, -0.2) is 0 Å². The summed E-state index contributed by atoms with van der Waals surface area (Å²) in [5, 5.41) is 15.9. The zero-order valence-corrected chi connectivity index (χ0v) is 14.5. The first-order valence-electron chi connectivity index (χ1n) is 7.77. The summed E-state index contributed by atoms with van der Waals surface area (Å²) in [5.74, 6) is 1.41. The van der Waals surface area contributed by atoms with E-state index in [1.165, 1.54) is 11.3 Å². The number of aryl methyl sites for hydroxylation is 1. The number of aromatic nitrogens is 4. The van der Waals surface area contributed by atoms with E-state index in [0.717, 1.165) is 36.8 Å². The van der Waals surface area contributed by atoms with E-state index in [9.17, 15) is 4.79 Å². The van der Waals surface area contributed by atoms with Crippen LogP contribution in [0.1, 0.15) is 35.5 Å². The van der Waals surface area contributed by atoms with Crippen molar-refractivity contribution >= 4 is 22.4 Å². The van der Waals surface area contributed by atoms with E-state index in [4.69, 9.17) is 9.26 Å². The van der Waals surface area contributed by atoms with E-state index in [2.05, 4.69) is 30.6 Å². The molecule has 0 bridgehead atoms. The lowest BCUT2D eigenvalue weighted by molar-refractivity contribution is -0.117. The predicted molar refractivity (Wildman–Crippen MR) is 86.7 cm³/mol. The molecule has 1 aliphatic heterocycles. The van der Waals surface area contributed by atoms with E-state index >= 15 is 0 Å². The number of nitrogens with one attached hydrogen (secondary N) is 1. The normalized spacial score (nSPS) is 18.7. The van der Waals surface area contributed by atoms with Crippen molar-refractivity contribution in [2.75, 3.05) is 32.1 Å². The Kier molecular flexibility index (Phi) is 5.48. The van der Waals surface area contributed by atoms with Crippen LogP contribution in [0.25, 0.3) is 0 Å². The van der Waals surface area contributed by atoms with Gasteiger partial charge in [-0.1, -0.05) is 16.5 Å². The minimum atomic E-state index is -0.0972. The molecule has 0 aliphatic carbocycles. The monoisotopic (exact) mass is 352 g/mol. The fourth-order valence-corrected chi connectivity index (χ4v) is 3.47. The molecule has 10 heteroatoms. The second-order valence-electron chi connectivity index (χ2n) is 5.73. The van der Waals surface area contributed by atoms with E-state index in [1.54, 1.807) is 14.0 Å². The highest BCUT2D eigenvalue weighted by Crippen LogP contribution is 2.24. The largest absolute Gasteiger partial charge is 0.377 e. The molecule has 130 valence electrons. The van der Waals surface area contributed by atoms with Crippen LogP contribution in [0.3, 0.4) is 0 Å². The average molecular weight is 352 g/mol. The van der Waals surface area contributed by atoms with Gasteiger partial charge in [0.1, 0.15) is 11.6 Å². The molecule has 1 aliphatic rings. The third kappa shape index (κ3) is 4.34. The number of hydrogen-bond donors (Lipinski definition) is 1. The topological polar surface area (TPSA) is 106 Å². The first-order valence-corrected chi connectivity index (χ1v) is 8.59. The highest BCUT2D eigenvalue weighted by molar-refractivity contribution is 7.15. The van der Waals surface area contributed by atoms with Gasteiger partial charge in [0.25, 0.3) is 0 Å². The molecule has 0 aromatic carbocycles. The van der Waals surface area contributed by atoms with Crippen LogP contribution in [-0.2, 0) is 16.1 Å². The van der Waals surface area contributed by atoms with Crippen LogP contribution in [0.2, 0.25) is 0 Å². The van der Waals surface area contributed by atoms with Crippen LogP contribution in [0.15, 0.2) is 4.52 Å². The zero-order chi connectivity index (χ0) is 16.9. The van der Waals surface area contributed by atoms with E-state index < -0.39 is 0 Å². The smallest absolute Gasteiger partial charge is 0.240 e. The lowest BCUT2D eigenvalue weighted by atomic mass is 9.97. The van der Waals surface area contributed by atoms with Crippen LogP contribution in [0.4, 0.5) is 5.13 Å². The lowest BCUT2D eigenvalue weighted by Crippen LogP contribution is -2.40. The van der Waals surface area contributed by atoms with Crippen LogP contribution in [0, 0.1) is 6.92 Å². The highest BCUT2D eigenvalue weighted by Gasteiger charge is 2.26. The number of carbonyl (C=O) groups excluding carboxylic acids is 1. The van der Waals surface area contributed by atoms with Crippen molar-refractivity contribution in [3.8, 4) is 0 Å². The maximum Gasteiger partial charge on any atom is 0.240 e. The maximum absolute atomic E-state index is 12.2. The molecule has 9 nitrogen and oxygen atoms in total. The Hall–Kier alpha value is -1.91. The summed E-state index contributed by atoms with van der Waals surface area (Å²) in [7, 11) is 1.59. The minimum absolute atomic E-state index is 0.0972. The molecule has 2 aromatic rings. The van der Waals surface area contributed by atoms with Gasteiger partial charge in [-0.05, 0) is 19.4 Å². The first kappa shape index (κ1) is 16.9. The van der Waals surface area contributed by atoms with Crippen molar-refractivity contribution in [3.05, 3.63) is 16.7 Å². The van der Waals surface area contributed by atoms with E-state index in [-0.39, 0.29) is 11.8 Å². The first-order chi connectivity index (χ1) is 11.6. The Labute approximate surface area is 143 Å². The van der Waals surface area contributed by atoms with E-state index in [0.29, 0.717) is 24.2 Å². The van der Waals surface area contributed by atoms with Gasteiger partial charge in [0, 0.05) is 26.5 Å². The average Bonchev–Trinajstić information content (AvgIpc) is 3.17. The van der Waals surface area contributed by atoms with Crippen molar-refractivity contribution in [2.45, 2.75) is 32.3 Å². The number of hydrogen-bond acceptors (Lipinski definition) is 9. The van der Waals surface area contributed by atoms with Crippen LogP contribution in [-0.4, -0.2) is 57.9 Å². The standard InChI is InChI=1S/C14H20N6O3S/c1-9-15-13(19-23-9)10-4-3-5-20(6-10)7-11(21)16-14-18-17-12(24-14)8-22-2/h10H,3-8H2,1-2H3,(H,16,18,21). The summed E-state index contributed by atoms with van der Waals surface area (Å²) < 4.78 is 10.0. The molecule has 1 fully saturated rings. The Morgan fingerprint density at radius 3 is 3.12 bits per heavy atom. The third-order valence-corrected chi connectivity index (χ3v) is 4.57. The van der Waals surface area contributed by atoms with Crippen molar-refractivity contribution in [3.63, 3.8) is 0 Å². The van der Waals surface area contributed by atoms with Gasteiger partial charge in [-0.3, -0.25) is 15.0 Å². The van der Waals surface area contributed by atoms with Gasteiger partial charge < -0.3 is 9.26 Å². The molecule has 1 atom stereocenters. The molecule has 3 rings (SSSR count). The van der Waals surface area contributed by atoms with Gasteiger partial charge in [0.2, 0.25) is 16.9 Å². The highest BCUT2D eigenvalue weighted by atomic mass is 32.1. The summed E-state index contributed by atoms with van der Waals surface area (Å²) in [6, 6.07) is 0. The summed E-state index contributed by atoms with van der Waals surface area (Å²) in [6.45, 7) is 4.12. The maximum atomic E-state index is 12.2. The lowest BCUT2D eigenvalue weighted by Gasteiger charge is -2.30. The summed E-state index contributed by atoms with van der Waals surface area (Å²) in [4.78, 5) is 18.6. The van der Waals surface area contributed by atoms with Crippen LogP contribution < -0.4 is 5.32 Å². The second kappa shape index (κ2) is 7.77. The Morgan fingerprint density at radius 1 is 1.50 bits per heavy atom. The summed E-state index contributed by atoms with van der Waals surface area (Å²) >= 11 is 1.32. The Morgan fingerprint density at radius 2 is 2.38 bits per heavy atom. The molecular formula is C14H20N6O3S. The number of amides is 1. The molecule has 24 heavy (non-hydrogen) atoms. The van der Waals surface area contributed by atoms with Crippen LogP contribution >= 0.6 is 11.3 Å². The number of likely N-dealkylation sites (tertiary alicyclic amines) is 1. The van der Waals surface area contributed by atoms with E-state index in [1.807, 2.05) is 0 Å². The second-order valence-corrected chi connectivity index (χ2v) is 6.79. The Bertz CT molecular complexity index is 688. The molecule has 1 amide bonds. The molecule has 0 radical (unpaired) electrons. The Balaban J connectivity index is 1.51. The predicted octanol–water partition coefficient (Wildman–Crippen LogP) is 1.19. The number of anilines is 1. The van der Waals surface area contributed by atoms with Crippen molar-refractivity contribution in [2.24, 2.45) is 0 Å². The number of nitrogens with zero attached hydrogens (tertiary/aromatic N) is 5. The quantitative estimate of drug-likeness (QED) is 0.826. The zero-order valence-electron chi connectivity index (χ0n) is 13.7. The summed E-state index contributed by atoms with van der Waals surface area (Å²) in [5.41, 5.74) is 0. The minimum Gasteiger partial charge on any atom is -0.377 e. The number of rotatable bonds is 6. The molecular weight excluding hydrogens is 332 g/mol.